The molecule has 0 heterocycles. The second-order valence-electron chi connectivity index (χ2n) is 2.87. The van der Waals surface area contributed by atoms with Gasteiger partial charge in [-0.3, -0.25) is 0 Å². The van der Waals surface area contributed by atoms with Gasteiger partial charge in [-0.1, -0.05) is 38.9 Å². The molecule has 0 aromatic heterocycles. The molecule has 10 heavy (non-hydrogen) atoms. The molecule has 0 saturated carbocycles. The third-order valence-electron chi connectivity index (χ3n) is 2.14. The van der Waals surface area contributed by atoms with E-state index >= 15 is 0 Å². The van der Waals surface area contributed by atoms with Crippen LogP contribution in [0.4, 0.5) is 12.9 Å². The van der Waals surface area contributed by atoms with Crippen molar-refractivity contribution < 1.29 is 12.9 Å². The molecule has 0 amide bonds. The van der Waals surface area contributed by atoms with E-state index in [9.17, 15) is 12.9 Å². The monoisotopic (exact) mass is 153 g/mol. The SMILES string of the molecule is CCC(C)C(C)[B-](F)(F)F. The quantitative estimate of drug-likeness (QED) is 0.545. The standard InChI is InChI=1S/C6H13BF3/c1-4-5(2)6(3)7(8,9)10/h5-6H,4H2,1-3H3/q-1. The van der Waals surface area contributed by atoms with E-state index in [2.05, 4.69) is 0 Å². The lowest BCUT2D eigenvalue weighted by atomic mass is 9.66. The first-order chi connectivity index (χ1) is 4.39. The van der Waals surface area contributed by atoms with Crippen LogP contribution >= 0.6 is 0 Å². The van der Waals surface area contributed by atoms with Crippen LogP contribution in [0, 0.1) is 5.92 Å². The van der Waals surface area contributed by atoms with Crippen molar-refractivity contribution in [3.05, 3.63) is 0 Å². The van der Waals surface area contributed by atoms with Crippen molar-refractivity contribution >= 4 is 6.98 Å². The lowest BCUT2D eigenvalue weighted by molar-refractivity contribution is 0.385. The molecule has 0 nitrogen and oxygen atoms in total. The molecule has 0 aliphatic rings. The highest BCUT2D eigenvalue weighted by molar-refractivity contribution is 6.60. The highest BCUT2D eigenvalue weighted by Gasteiger charge is 2.33. The van der Waals surface area contributed by atoms with Crippen molar-refractivity contribution in [2.24, 2.45) is 5.92 Å². The third-order valence-corrected chi connectivity index (χ3v) is 2.14. The Hall–Kier alpha value is -0.145. The average molecular weight is 153 g/mol. The van der Waals surface area contributed by atoms with Crippen molar-refractivity contribution in [3.63, 3.8) is 0 Å². The van der Waals surface area contributed by atoms with Gasteiger partial charge in [0, 0.05) is 0 Å². The van der Waals surface area contributed by atoms with Crippen LogP contribution in [0.5, 0.6) is 0 Å². The van der Waals surface area contributed by atoms with Crippen molar-refractivity contribution in [1.29, 1.82) is 0 Å². The zero-order valence-electron chi connectivity index (χ0n) is 6.57. The van der Waals surface area contributed by atoms with E-state index in [1.807, 2.05) is 0 Å². The summed E-state index contributed by atoms with van der Waals surface area (Å²) >= 11 is 0. The summed E-state index contributed by atoms with van der Waals surface area (Å²) in [5.41, 5.74) is 0. The second kappa shape index (κ2) is 3.31. The molecule has 0 aliphatic heterocycles. The molecule has 62 valence electrons. The maximum atomic E-state index is 11.9. The fourth-order valence-electron chi connectivity index (χ4n) is 0.744. The van der Waals surface area contributed by atoms with Gasteiger partial charge in [-0.2, -0.15) is 0 Å². The number of hydrogen-bond donors (Lipinski definition) is 0. The van der Waals surface area contributed by atoms with Gasteiger partial charge < -0.3 is 12.9 Å². The van der Waals surface area contributed by atoms with Crippen molar-refractivity contribution in [1.82, 2.24) is 0 Å². The summed E-state index contributed by atoms with van der Waals surface area (Å²) in [4.78, 5) is 0. The Morgan fingerprint density at radius 1 is 1.20 bits per heavy atom. The number of rotatable bonds is 3. The van der Waals surface area contributed by atoms with Gasteiger partial charge in [-0.05, 0) is 0 Å². The van der Waals surface area contributed by atoms with Crippen molar-refractivity contribution in [2.75, 3.05) is 0 Å². The first-order valence-electron chi connectivity index (χ1n) is 3.59. The Morgan fingerprint density at radius 3 is 1.70 bits per heavy atom. The summed E-state index contributed by atoms with van der Waals surface area (Å²) in [6, 6.07) is 0. The lowest BCUT2D eigenvalue weighted by Gasteiger charge is -2.27. The minimum Gasteiger partial charge on any atom is -0.449 e. The summed E-state index contributed by atoms with van der Waals surface area (Å²) in [7, 11) is 0. The third kappa shape index (κ3) is 2.63. The maximum absolute atomic E-state index is 11.9. The van der Waals surface area contributed by atoms with Crippen LogP contribution in [0.2, 0.25) is 5.82 Å². The van der Waals surface area contributed by atoms with Gasteiger partial charge in [-0.25, -0.2) is 0 Å². The average Bonchev–Trinajstić information content (AvgIpc) is 1.83. The summed E-state index contributed by atoms with van der Waals surface area (Å²) in [5, 5.41) is 0. The summed E-state index contributed by atoms with van der Waals surface area (Å²) in [6.07, 6.45) is 0.600. The lowest BCUT2D eigenvalue weighted by Crippen LogP contribution is -2.26. The predicted octanol–water partition coefficient (Wildman–Crippen LogP) is 3.27. The van der Waals surface area contributed by atoms with Crippen LogP contribution in [0.25, 0.3) is 0 Å². The van der Waals surface area contributed by atoms with E-state index in [4.69, 9.17) is 0 Å². The van der Waals surface area contributed by atoms with E-state index in [1.165, 1.54) is 6.92 Å². The van der Waals surface area contributed by atoms with Crippen LogP contribution in [-0.4, -0.2) is 6.98 Å². The molecule has 2 atom stereocenters. The first kappa shape index (κ1) is 9.85. The van der Waals surface area contributed by atoms with Crippen LogP contribution in [0.3, 0.4) is 0 Å². The molecular formula is C6H13BF3-. The minimum absolute atomic E-state index is 0.236. The van der Waals surface area contributed by atoms with E-state index < -0.39 is 12.8 Å². The normalized spacial score (nSPS) is 18.6. The van der Waals surface area contributed by atoms with Crippen molar-refractivity contribution in [2.45, 2.75) is 33.0 Å². The molecule has 0 bridgehead atoms. The fourth-order valence-corrected chi connectivity index (χ4v) is 0.744. The molecule has 0 aromatic carbocycles. The summed E-state index contributed by atoms with van der Waals surface area (Å²) < 4.78 is 35.8. The van der Waals surface area contributed by atoms with Crippen LogP contribution in [0.15, 0.2) is 0 Å². The van der Waals surface area contributed by atoms with Gasteiger partial charge in [0.1, 0.15) is 0 Å². The highest BCUT2D eigenvalue weighted by Crippen LogP contribution is 2.33. The number of halogens is 3. The Bertz CT molecular complexity index is 99.7. The molecule has 0 aliphatic carbocycles. The minimum atomic E-state index is -4.62. The molecule has 2 unspecified atom stereocenters. The largest absolute Gasteiger partial charge is 0.481 e. The van der Waals surface area contributed by atoms with E-state index in [1.54, 1.807) is 13.8 Å². The molecular weight excluding hydrogens is 140 g/mol. The first-order valence-corrected chi connectivity index (χ1v) is 3.59. The second-order valence-corrected chi connectivity index (χ2v) is 2.87. The van der Waals surface area contributed by atoms with Crippen LogP contribution in [-0.2, 0) is 0 Å². The molecule has 0 spiro atoms. The fraction of sp³-hybridized carbons (Fsp3) is 1.00. The molecule has 0 radical (unpaired) electrons. The van der Waals surface area contributed by atoms with Crippen molar-refractivity contribution in [3.8, 4) is 0 Å². The summed E-state index contributed by atoms with van der Waals surface area (Å²) in [5.74, 6) is -1.34. The Kier molecular flexibility index (Phi) is 3.26. The van der Waals surface area contributed by atoms with Gasteiger partial charge in [0.05, 0.1) is 0 Å². The number of hydrogen-bond acceptors (Lipinski definition) is 0. The summed E-state index contributed by atoms with van der Waals surface area (Å²) in [6.45, 7) is 0.0624. The highest BCUT2D eigenvalue weighted by atomic mass is 19.4. The molecule has 0 fully saturated rings. The molecule has 0 aromatic rings. The molecule has 0 rings (SSSR count). The van der Waals surface area contributed by atoms with E-state index in [-0.39, 0.29) is 5.92 Å². The van der Waals surface area contributed by atoms with Gasteiger partial charge in [0.2, 0.25) is 0 Å². The zero-order valence-corrected chi connectivity index (χ0v) is 6.57. The van der Waals surface area contributed by atoms with Gasteiger partial charge in [-0.15, -0.1) is 0 Å². The Labute approximate surface area is 59.9 Å². The zero-order chi connectivity index (χ0) is 8.36. The van der Waals surface area contributed by atoms with Gasteiger partial charge in [0.25, 0.3) is 0 Å². The molecule has 4 heteroatoms. The molecule has 0 saturated heterocycles. The van der Waals surface area contributed by atoms with E-state index in [0.717, 1.165) is 0 Å². The predicted molar refractivity (Wildman–Crippen MR) is 38.0 cm³/mol. The molecule has 0 N–H and O–H groups in total. The maximum Gasteiger partial charge on any atom is 0.481 e. The van der Waals surface area contributed by atoms with Crippen LogP contribution in [0.1, 0.15) is 27.2 Å². The van der Waals surface area contributed by atoms with Gasteiger partial charge in [0.15, 0.2) is 0 Å². The van der Waals surface area contributed by atoms with Crippen LogP contribution < -0.4 is 0 Å². The Balaban J connectivity index is 3.94. The smallest absolute Gasteiger partial charge is 0.449 e. The van der Waals surface area contributed by atoms with Gasteiger partial charge >= 0.3 is 6.98 Å². The topological polar surface area (TPSA) is 0 Å². The van der Waals surface area contributed by atoms with E-state index in [0.29, 0.717) is 6.42 Å². The Morgan fingerprint density at radius 2 is 1.60 bits per heavy atom.